The first kappa shape index (κ1) is 27.0. The van der Waals surface area contributed by atoms with Crippen molar-refractivity contribution < 1.29 is 19.1 Å². The van der Waals surface area contributed by atoms with E-state index in [9.17, 15) is 9.59 Å². The van der Waals surface area contributed by atoms with E-state index in [4.69, 9.17) is 9.47 Å². The van der Waals surface area contributed by atoms with Gasteiger partial charge in [0.25, 0.3) is 0 Å². The van der Waals surface area contributed by atoms with Crippen molar-refractivity contribution in [1.82, 2.24) is 0 Å². The molecule has 0 aliphatic heterocycles. The molecule has 1 saturated carbocycles. The molecule has 176 valence electrons. The zero-order chi connectivity index (χ0) is 22.9. The third-order valence-electron chi connectivity index (χ3n) is 6.00. The van der Waals surface area contributed by atoms with Gasteiger partial charge in [0.15, 0.2) is 0 Å². The number of hydrogen-bond donors (Lipinski definition) is 0. The molecular formula is C26H48O4. The van der Waals surface area contributed by atoms with Crippen molar-refractivity contribution in [2.45, 2.75) is 107 Å². The lowest BCUT2D eigenvalue weighted by Crippen LogP contribution is -2.35. The van der Waals surface area contributed by atoms with Crippen molar-refractivity contribution in [3.63, 3.8) is 0 Å². The summed E-state index contributed by atoms with van der Waals surface area (Å²) in [6.07, 6.45) is 7.38. The fourth-order valence-electron chi connectivity index (χ4n) is 4.93. The lowest BCUT2D eigenvalue weighted by molar-refractivity contribution is -0.163. The number of carbonyl (C=O) groups is 2. The molecule has 0 heterocycles. The summed E-state index contributed by atoms with van der Waals surface area (Å²) in [6, 6.07) is 0. The molecule has 4 nitrogen and oxygen atoms in total. The van der Waals surface area contributed by atoms with Crippen molar-refractivity contribution in [2.75, 3.05) is 13.2 Å². The highest BCUT2D eigenvalue weighted by Gasteiger charge is 2.38. The fourth-order valence-corrected chi connectivity index (χ4v) is 4.93. The lowest BCUT2D eigenvalue weighted by Gasteiger charge is -2.29. The number of carbonyl (C=O) groups excluding carboxylic acids is 2. The van der Waals surface area contributed by atoms with Gasteiger partial charge in [0.1, 0.15) is 0 Å². The van der Waals surface area contributed by atoms with Crippen LogP contribution in [0.5, 0.6) is 0 Å². The third-order valence-corrected chi connectivity index (χ3v) is 6.00. The van der Waals surface area contributed by atoms with Crippen LogP contribution < -0.4 is 0 Å². The largest absolute Gasteiger partial charge is 0.465 e. The van der Waals surface area contributed by atoms with Gasteiger partial charge < -0.3 is 9.47 Å². The Balaban J connectivity index is 2.45. The molecule has 0 amide bonds. The molecule has 0 spiro atoms. The summed E-state index contributed by atoms with van der Waals surface area (Å²) in [7, 11) is 0. The summed E-state index contributed by atoms with van der Waals surface area (Å²) in [5.74, 6) is -0.0613. The smallest absolute Gasteiger partial charge is 0.309 e. The minimum absolute atomic E-state index is 0.208. The monoisotopic (exact) mass is 424 g/mol. The van der Waals surface area contributed by atoms with E-state index in [2.05, 4.69) is 55.4 Å². The van der Waals surface area contributed by atoms with Gasteiger partial charge in [-0.15, -0.1) is 0 Å². The van der Waals surface area contributed by atoms with Crippen molar-refractivity contribution in [3.05, 3.63) is 0 Å². The van der Waals surface area contributed by atoms with E-state index in [-0.39, 0.29) is 34.6 Å². The minimum atomic E-state index is -0.337. The van der Waals surface area contributed by atoms with Crippen LogP contribution in [0.4, 0.5) is 0 Å². The standard InChI is InChI=1S/C26H48O4/c1-19(17-25(3,4)5)13-15-29-23(27)21-11-9-10-12-22(21)24(28)30-16-14-20(2)18-26(6,7)8/h19-22H,9-18H2,1-8H3/t19?,20?,21-,22+. The summed E-state index contributed by atoms with van der Waals surface area (Å²) >= 11 is 0. The number of rotatable bonds is 10. The maximum absolute atomic E-state index is 12.7. The van der Waals surface area contributed by atoms with E-state index >= 15 is 0 Å². The lowest BCUT2D eigenvalue weighted by atomic mass is 9.79. The molecule has 0 N–H and O–H groups in total. The molecule has 4 heteroatoms. The van der Waals surface area contributed by atoms with Crippen LogP contribution >= 0.6 is 0 Å². The summed E-state index contributed by atoms with van der Waals surface area (Å²) in [5.41, 5.74) is 0.568. The highest BCUT2D eigenvalue weighted by atomic mass is 16.5. The van der Waals surface area contributed by atoms with E-state index in [0.717, 1.165) is 51.4 Å². The zero-order valence-corrected chi connectivity index (χ0v) is 21.0. The Kier molecular flexibility index (Phi) is 10.9. The third kappa shape index (κ3) is 11.4. The molecule has 2 unspecified atom stereocenters. The molecule has 0 saturated heterocycles. The molecule has 0 aromatic carbocycles. The zero-order valence-electron chi connectivity index (χ0n) is 21.0. The van der Waals surface area contributed by atoms with Crippen LogP contribution in [0, 0.1) is 34.5 Å². The Hall–Kier alpha value is -1.06. The average Bonchev–Trinajstić information content (AvgIpc) is 2.58. The van der Waals surface area contributed by atoms with Crippen LogP contribution in [0.3, 0.4) is 0 Å². The van der Waals surface area contributed by atoms with Crippen LogP contribution in [0.1, 0.15) is 107 Å². The molecule has 1 aliphatic carbocycles. The van der Waals surface area contributed by atoms with E-state index < -0.39 is 0 Å². The topological polar surface area (TPSA) is 52.6 Å². The first-order valence-electron chi connectivity index (χ1n) is 12.1. The average molecular weight is 425 g/mol. The molecule has 30 heavy (non-hydrogen) atoms. The normalized spacial score (nSPS) is 22.3. The Labute approximate surface area is 185 Å². The maximum atomic E-state index is 12.7. The molecule has 0 aromatic rings. The minimum Gasteiger partial charge on any atom is -0.465 e. The van der Waals surface area contributed by atoms with Crippen LogP contribution in [0.2, 0.25) is 0 Å². The number of hydrogen-bond acceptors (Lipinski definition) is 4. The molecule has 0 radical (unpaired) electrons. The van der Waals surface area contributed by atoms with Gasteiger partial charge >= 0.3 is 11.9 Å². The van der Waals surface area contributed by atoms with Gasteiger partial charge in [-0.25, -0.2) is 0 Å². The number of esters is 2. The SMILES string of the molecule is CC(CCOC(=O)[C@H]1CCCC[C@H]1C(=O)OCCC(C)CC(C)(C)C)CC(C)(C)C. The van der Waals surface area contributed by atoms with Gasteiger partial charge in [-0.3, -0.25) is 9.59 Å². The van der Waals surface area contributed by atoms with Crippen LogP contribution in [-0.4, -0.2) is 25.2 Å². The van der Waals surface area contributed by atoms with Crippen molar-refractivity contribution in [2.24, 2.45) is 34.5 Å². The van der Waals surface area contributed by atoms with Gasteiger partial charge in [-0.1, -0.05) is 68.2 Å². The van der Waals surface area contributed by atoms with Crippen molar-refractivity contribution in [1.29, 1.82) is 0 Å². The molecule has 1 aliphatic rings. The predicted octanol–water partition coefficient (Wildman–Crippen LogP) is 6.80. The Morgan fingerprint density at radius 2 is 1.07 bits per heavy atom. The molecular weight excluding hydrogens is 376 g/mol. The maximum Gasteiger partial charge on any atom is 0.309 e. The van der Waals surface area contributed by atoms with Crippen LogP contribution in [0.15, 0.2) is 0 Å². The summed E-state index contributed by atoms with van der Waals surface area (Å²) in [4.78, 5) is 25.4. The van der Waals surface area contributed by atoms with Gasteiger partial charge in [-0.2, -0.15) is 0 Å². The van der Waals surface area contributed by atoms with Gasteiger partial charge in [0.05, 0.1) is 25.0 Å². The first-order chi connectivity index (χ1) is 13.8. The second kappa shape index (κ2) is 12.1. The van der Waals surface area contributed by atoms with E-state index in [0.29, 0.717) is 25.0 Å². The van der Waals surface area contributed by atoms with Gasteiger partial charge in [0.2, 0.25) is 0 Å². The molecule has 0 aromatic heterocycles. The fraction of sp³-hybridized carbons (Fsp3) is 0.923. The van der Waals surface area contributed by atoms with Crippen LogP contribution in [0.25, 0.3) is 0 Å². The highest BCUT2D eigenvalue weighted by Crippen LogP contribution is 2.33. The predicted molar refractivity (Wildman–Crippen MR) is 123 cm³/mol. The van der Waals surface area contributed by atoms with E-state index in [1.165, 1.54) is 0 Å². The summed E-state index contributed by atoms with van der Waals surface area (Å²) < 4.78 is 11.2. The second-order valence-corrected chi connectivity index (χ2v) is 12.1. The molecule has 1 fully saturated rings. The number of ether oxygens (including phenoxy) is 2. The van der Waals surface area contributed by atoms with Crippen molar-refractivity contribution >= 4 is 11.9 Å². The quantitative estimate of drug-likeness (QED) is 0.362. The summed E-state index contributed by atoms with van der Waals surface area (Å²) in [5, 5.41) is 0. The Morgan fingerprint density at radius 1 is 0.733 bits per heavy atom. The first-order valence-corrected chi connectivity index (χ1v) is 12.1. The Bertz CT molecular complexity index is 478. The van der Waals surface area contributed by atoms with E-state index in [1.54, 1.807) is 0 Å². The Morgan fingerprint density at radius 3 is 1.37 bits per heavy atom. The molecule has 1 rings (SSSR count). The molecule has 0 bridgehead atoms. The summed E-state index contributed by atoms with van der Waals surface area (Å²) in [6.45, 7) is 18.7. The van der Waals surface area contributed by atoms with Gasteiger partial charge in [-0.05, 0) is 61.2 Å². The van der Waals surface area contributed by atoms with Crippen molar-refractivity contribution in [3.8, 4) is 0 Å². The van der Waals surface area contributed by atoms with Crippen LogP contribution in [-0.2, 0) is 19.1 Å². The van der Waals surface area contributed by atoms with Gasteiger partial charge in [0, 0.05) is 0 Å². The van der Waals surface area contributed by atoms with E-state index in [1.807, 2.05) is 0 Å². The second-order valence-electron chi connectivity index (χ2n) is 12.1. The molecule has 4 atom stereocenters. The highest BCUT2D eigenvalue weighted by molar-refractivity contribution is 5.82.